The van der Waals surface area contributed by atoms with Gasteiger partial charge in [-0.2, -0.15) is 0 Å². The Bertz CT molecular complexity index is 646. The molecule has 1 aromatic carbocycles. The minimum Gasteiger partial charge on any atom is -0.497 e. The molecule has 0 saturated heterocycles. The summed E-state index contributed by atoms with van der Waals surface area (Å²) < 4.78 is 7.21. The van der Waals surface area contributed by atoms with E-state index < -0.39 is 0 Å². The minimum atomic E-state index is -0.256. The zero-order valence-electron chi connectivity index (χ0n) is 12.2. The second kappa shape index (κ2) is 5.60. The number of methoxy groups -OCH3 is 1. The number of hydrogen-bond acceptors (Lipinski definition) is 3. The lowest BCUT2D eigenvalue weighted by atomic mass is 10.1. The first-order valence-electron chi connectivity index (χ1n) is 7.10. The molecule has 1 aliphatic rings. The molecule has 110 valence electrons. The molecule has 3 rings (SSSR count). The lowest BCUT2D eigenvalue weighted by Crippen LogP contribution is -2.32. The first-order chi connectivity index (χ1) is 10.2. The third-order valence-corrected chi connectivity index (χ3v) is 3.78. The predicted molar refractivity (Wildman–Crippen MR) is 78.9 cm³/mol. The third kappa shape index (κ3) is 2.91. The molecule has 1 saturated carbocycles. The van der Waals surface area contributed by atoms with Crippen molar-refractivity contribution in [3.63, 3.8) is 0 Å². The number of rotatable bonds is 5. The van der Waals surface area contributed by atoms with Crippen LogP contribution in [0.1, 0.15) is 30.3 Å². The van der Waals surface area contributed by atoms with E-state index in [9.17, 15) is 4.79 Å². The Morgan fingerprint density at radius 2 is 2.29 bits per heavy atom. The van der Waals surface area contributed by atoms with E-state index >= 15 is 0 Å². The van der Waals surface area contributed by atoms with E-state index in [2.05, 4.69) is 10.3 Å². The molecule has 1 amide bonds. The zero-order valence-corrected chi connectivity index (χ0v) is 12.2. The van der Waals surface area contributed by atoms with Crippen LogP contribution >= 0.6 is 0 Å². The molecule has 5 nitrogen and oxygen atoms in total. The van der Waals surface area contributed by atoms with Crippen LogP contribution in [-0.4, -0.2) is 22.6 Å². The first kappa shape index (κ1) is 13.7. The van der Waals surface area contributed by atoms with Gasteiger partial charge in [0.15, 0.2) is 0 Å². The van der Waals surface area contributed by atoms with Crippen molar-refractivity contribution < 1.29 is 9.53 Å². The van der Waals surface area contributed by atoms with Crippen LogP contribution in [0, 0.1) is 5.92 Å². The van der Waals surface area contributed by atoms with Crippen LogP contribution in [0.25, 0.3) is 0 Å². The highest BCUT2D eigenvalue weighted by atomic mass is 16.5. The number of hydrogen-bond donors (Lipinski definition) is 1. The maximum absolute atomic E-state index is 12.2. The second-order valence-corrected chi connectivity index (χ2v) is 5.39. The molecule has 1 unspecified atom stereocenters. The van der Waals surface area contributed by atoms with Crippen LogP contribution in [0.15, 0.2) is 36.7 Å². The van der Waals surface area contributed by atoms with Crippen LogP contribution in [0.3, 0.4) is 0 Å². The summed E-state index contributed by atoms with van der Waals surface area (Å²) >= 11 is 0. The van der Waals surface area contributed by atoms with Gasteiger partial charge in [-0.3, -0.25) is 4.79 Å². The molecule has 1 aromatic heterocycles. The highest BCUT2D eigenvalue weighted by Gasteiger charge is 2.32. The predicted octanol–water partition coefficient (Wildman–Crippen LogP) is 2.04. The number of aryl methyl sites for hydroxylation is 1. The van der Waals surface area contributed by atoms with Crippen molar-refractivity contribution in [1.29, 1.82) is 0 Å². The van der Waals surface area contributed by atoms with Crippen molar-refractivity contribution in [2.24, 2.45) is 13.0 Å². The lowest BCUT2D eigenvalue weighted by molar-refractivity contribution is -0.122. The maximum Gasteiger partial charge on any atom is 0.223 e. The van der Waals surface area contributed by atoms with Gasteiger partial charge in [-0.15, -0.1) is 0 Å². The highest BCUT2D eigenvalue weighted by Crippen LogP contribution is 2.31. The zero-order chi connectivity index (χ0) is 14.8. The average molecular weight is 285 g/mol. The summed E-state index contributed by atoms with van der Waals surface area (Å²) in [6.07, 6.45) is 5.59. The van der Waals surface area contributed by atoms with Crippen LogP contribution in [0.4, 0.5) is 0 Å². The SMILES string of the molecule is COc1cccc(C(NC(=O)C2CC2)c2nccn2C)c1. The van der Waals surface area contributed by atoms with Gasteiger partial charge in [-0.1, -0.05) is 12.1 Å². The average Bonchev–Trinajstić information content (AvgIpc) is 3.27. The monoisotopic (exact) mass is 285 g/mol. The van der Waals surface area contributed by atoms with Gasteiger partial charge >= 0.3 is 0 Å². The Morgan fingerprint density at radius 1 is 1.48 bits per heavy atom. The number of imidazole rings is 1. The standard InChI is InChI=1S/C16H19N3O2/c1-19-9-8-17-15(19)14(18-16(20)11-6-7-11)12-4-3-5-13(10-12)21-2/h3-5,8-11,14H,6-7H2,1-2H3,(H,18,20). The number of amides is 1. The van der Waals surface area contributed by atoms with Crippen LogP contribution in [-0.2, 0) is 11.8 Å². The van der Waals surface area contributed by atoms with E-state index in [1.165, 1.54) is 0 Å². The van der Waals surface area contributed by atoms with Gasteiger partial charge in [-0.05, 0) is 30.5 Å². The summed E-state index contributed by atoms with van der Waals surface area (Å²) in [7, 11) is 3.57. The fourth-order valence-corrected chi connectivity index (χ4v) is 2.38. The first-order valence-corrected chi connectivity index (χ1v) is 7.10. The highest BCUT2D eigenvalue weighted by molar-refractivity contribution is 5.81. The van der Waals surface area contributed by atoms with E-state index in [0.29, 0.717) is 0 Å². The fourth-order valence-electron chi connectivity index (χ4n) is 2.38. The number of nitrogens with one attached hydrogen (secondary N) is 1. The number of ether oxygens (including phenoxy) is 1. The van der Waals surface area contributed by atoms with Crippen molar-refractivity contribution in [1.82, 2.24) is 14.9 Å². The molecular formula is C16H19N3O2. The summed E-state index contributed by atoms with van der Waals surface area (Å²) in [6, 6.07) is 7.48. The molecule has 1 atom stereocenters. The molecule has 1 aliphatic carbocycles. The minimum absolute atomic E-state index is 0.103. The molecule has 1 fully saturated rings. The molecule has 1 N–H and O–H groups in total. The van der Waals surface area contributed by atoms with E-state index in [1.807, 2.05) is 42.1 Å². The number of carbonyl (C=O) groups excluding carboxylic acids is 1. The third-order valence-electron chi connectivity index (χ3n) is 3.78. The Morgan fingerprint density at radius 3 is 2.90 bits per heavy atom. The molecule has 0 radical (unpaired) electrons. The lowest BCUT2D eigenvalue weighted by Gasteiger charge is -2.19. The fraction of sp³-hybridized carbons (Fsp3) is 0.375. The summed E-state index contributed by atoms with van der Waals surface area (Å²) in [5, 5.41) is 3.11. The summed E-state index contributed by atoms with van der Waals surface area (Å²) in [4.78, 5) is 16.6. The van der Waals surface area contributed by atoms with E-state index in [0.717, 1.165) is 30.0 Å². The number of aromatic nitrogens is 2. The molecule has 21 heavy (non-hydrogen) atoms. The summed E-state index contributed by atoms with van der Waals surface area (Å²) in [5.74, 6) is 1.86. The van der Waals surface area contributed by atoms with Gasteiger partial charge in [0.2, 0.25) is 5.91 Å². The van der Waals surface area contributed by atoms with E-state index in [1.54, 1.807) is 13.3 Å². The number of benzene rings is 1. The Balaban J connectivity index is 1.94. The molecule has 2 aromatic rings. The normalized spacial score (nSPS) is 15.5. The van der Waals surface area contributed by atoms with Gasteiger partial charge in [0, 0.05) is 25.4 Å². The smallest absolute Gasteiger partial charge is 0.223 e. The van der Waals surface area contributed by atoms with Crippen LogP contribution in [0.5, 0.6) is 5.75 Å². The summed E-state index contributed by atoms with van der Waals surface area (Å²) in [5.41, 5.74) is 0.970. The second-order valence-electron chi connectivity index (χ2n) is 5.39. The van der Waals surface area contributed by atoms with Gasteiger partial charge in [0.05, 0.1) is 7.11 Å². The quantitative estimate of drug-likeness (QED) is 0.914. The molecule has 5 heteroatoms. The number of carbonyl (C=O) groups is 1. The van der Waals surface area contributed by atoms with Crippen LogP contribution in [0.2, 0.25) is 0 Å². The van der Waals surface area contributed by atoms with Crippen LogP contribution < -0.4 is 10.1 Å². The molecule has 0 bridgehead atoms. The molecule has 0 spiro atoms. The van der Waals surface area contributed by atoms with Crippen molar-refractivity contribution in [3.8, 4) is 5.75 Å². The van der Waals surface area contributed by atoms with E-state index in [-0.39, 0.29) is 17.9 Å². The van der Waals surface area contributed by atoms with Crippen molar-refractivity contribution >= 4 is 5.91 Å². The van der Waals surface area contributed by atoms with Crippen molar-refractivity contribution in [2.45, 2.75) is 18.9 Å². The molecule has 0 aliphatic heterocycles. The largest absolute Gasteiger partial charge is 0.497 e. The van der Waals surface area contributed by atoms with Crippen molar-refractivity contribution in [3.05, 3.63) is 48.0 Å². The number of nitrogens with zero attached hydrogens (tertiary/aromatic N) is 2. The van der Waals surface area contributed by atoms with Gasteiger partial charge in [0.25, 0.3) is 0 Å². The maximum atomic E-state index is 12.2. The Hall–Kier alpha value is -2.30. The Labute approximate surface area is 124 Å². The van der Waals surface area contributed by atoms with Gasteiger partial charge in [-0.25, -0.2) is 4.98 Å². The van der Waals surface area contributed by atoms with Gasteiger partial charge in [0.1, 0.15) is 17.6 Å². The van der Waals surface area contributed by atoms with E-state index in [4.69, 9.17) is 4.74 Å². The molecular weight excluding hydrogens is 266 g/mol. The summed E-state index contributed by atoms with van der Waals surface area (Å²) in [6.45, 7) is 0. The van der Waals surface area contributed by atoms with Crippen molar-refractivity contribution in [2.75, 3.05) is 7.11 Å². The van der Waals surface area contributed by atoms with Gasteiger partial charge < -0.3 is 14.6 Å². The Kier molecular flexibility index (Phi) is 3.64. The topological polar surface area (TPSA) is 56.1 Å². The molecule has 1 heterocycles.